The number of hydrogen-bond donors (Lipinski definition) is 2. The summed E-state index contributed by atoms with van der Waals surface area (Å²) in [7, 11) is 0. The molecule has 25 heavy (non-hydrogen) atoms. The monoisotopic (exact) mass is 391 g/mol. The number of morpholine rings is 1. The second-order valence-electron chi connectivity index (χ2n) is 7.17. The Bertz CT molecular complexity index is 522. The summed E-state index contributed by atoms with van der Waals surface area (Å²) in [4.78, 5) is 14.2. The highest BCUT2D eigenvalue weighted by molar-refractivity contribution is 5.85. The molecule has 2 unspecified atom stereocenters. The quantitative estimate of drug-likeness (QED) is 0.808. The van der Waals surface area contributed by atoms with E-state index < -0.39 is 5.54 Å². The van der Waals surface area contributed by atoms with Gasteiger partial charge in [0.25, 0.3) is 0 Å². The van der Waals surface area contributed by atoms with Gasteiger partial charge in [0.05, 0.1) is 17.7 Å². The van der Waals surface area contributed by atoms with Crippen LogP contribution < -0.4 is 11.1 Å². The fourth-order valence-electron chi connectivity index (χ4n) is 2.84. The highest BCUT2D eigenvalue weighted by atomic mass is 35.5. The summed E-state index contributed by atoms with van der Waals surface area (Å²) in [6, 6.07) is 8.37. The highest BCUT2D eigenvalue weighted by Gasteiger charge is 2.22. The zero-order valence-corrected chi connectivity index (χ0v) is 17.1. The molecule has 7 heteroatoms. The van der Waals surface area contributed by atoms with Crippen LogP contribution in [0.2, 0.25) is 0 Å². The van der Waals surface area contributed by atoms with E-state index in [9.17, 15) is 4.79 Å². The zero-order valence-electron chi connectivity index (χ0n) is 15.5. The molecule has 0 bridgehead atoms. The van der Waals surface area contributed by atoms with Crippen molar-refractivity contribution in [3.05, 3.63) is 35.4 Å². The molecule has 2 atom stereocenters. The first-order valence-corrected chi connectivity index (χ1v) is 8.27. The van der Waals surface area contributed by atoms with Crippen molar-refractivity contribution in [2.24, 2.45) is 5.73 Å². The van der Waals surface area contributed by atoms with Gasteiger partial charge in [0.15, 0.2) is 0 Å². The summed E-state index contributed by atoms with van der Waals surface area (Å²) in [5.74, 6) is -0.141. The molecular weight excluding hydrogens is 361 g/mol. The minimum Gasteiger partial charge on any atom is -0.373 e. The molecule has 1 amide bonds. The van der Waals surface area contributed by atoms with Crippen molar-refractivity contribution in [1.82, 2.24) is 10.2 Å². The van der Waals surface area contributed by atoms with Gasteiger partial charge in [0.2, 0.25) is 5.91 Å². The van der Waals surface area contributed by atoms with Crippen LogP contribution in [0.25, 0.3) is 0 Å². The number of benzene rings is 1. The van der Waals surface area contributed by atoms with E-state index in [2.05, 4.69) is 48.3 Å². The summed E-state index contributed by atoms with van der Waals surface area (Å²) in [5, 5.41) is 2.86. The first kappa shape index (κ1) is 24.1. The lowest BCUT2D eigenvalue weighted by Crippen LogP contribution is -2.48. The third-order valence-corrected chi connectivity index (χ3v) is 3.96. The lowest BCUT2D eigenvalue weighted by atomic mass is 10.1. The Balaban J connectivity index is 0.00000288. The van der Waals surface area contributed by atoms with Gasteiger partial charge in [-0.2, -0.15) is 0 Å². The van der Waals surface area contributed by atoms with Crippen molar-refractivity contribution < 1.29 is 9.53 Å². The van der Waals surface area contributed by atoms with Crippen LogP contribution in [0.5, 0.6) is 0 Å². The van der Waals surface area contributed by atoms with Gasteiger partial charge in [0, 0.05) is 26.2 Å². The Morgan fingerprint density at radius 3 is 2.12 bits per heavy atom. The van der Waals surface area contributed by atoms with Crippen LogP contribution in [-0.2, 0) is 22.6 Å². The van der Waals surface area contributed by atoms with E-state index in [4.69, 9.17) is 10.5 Å². The number of hydrogen-bond acceptors (Lipinski definition) is 4. The maximum atomic E-state index is 11.8. The number of nitrogens with one attached hydrogen (secondary N) is 1. The molecule has 1 heterocycles. The number of halogens is 2. The standard InChI is InChI=1S/C18H29N3O2.2ClH/c1-13-10-21(11-14(2)23-13)12-16-7-5-15(6-8-16)9-20-17(22)18(3,4)19;;/h5-8,13-14H,9-12,19H2,1-4H3,(H,20,22);2*1H. The van der Waals surface area contributed by atoms with Crippen molar-refractivity contribution in [3.63, 3.8) is 0 Å². The molecular formula is C18H31Cl2N3O2. The Hall–Kier alpha value is -0.850. The SMILES string of the molecule is CC1CN(Cc2ccc(CNC(=O)C(C)(C)N)cc2)CC(C)O1.Cl.Cl. The van der Waals surface area contributed by atoms with Crippen molar-refractivity contribution in [1.29, 1.82) is 0 Å². The van der Waals surface area contributed by atoms with Crippen LogP contribution in [0.4, 0.5) is 0 Å². The van der Waals surface area contributed by atoms with Gasteiger partial charge in [-0.05, 0) is 38.8 Å². The summed E-state index contributed by atoms with van der Waals surface area (Å²) in [5.41, 5.74) is 7.28. The number of carbonyl (C=O) groups excluding carboxylic acids is 1. The van der Waals surface area contributed by atoms with Gasteiger partial charge < -0.3 is 15.8 Å². The lowest BCUT2D eigenvalue weighted by molar-refractivity contribution is -0.125. The number of rotatable bonds is 5. The predicted molar refractivity (Wildman–Crippen MR) is 106 cm³/mol. The average Bonchev–Trinajstić information content (AvgIpc) is 2.44. The van der Waals surface area contributed by atoms with E-state index in [1.165, 1.54) is 5.56 Å². The molecule has 144 valence electrons. The molecule has 0 saturated carbocycles. The van der Waals surface area contributed by atoms with Crippen molar-refractivity contribution in [3.8, 4) is 0 Å². The molecule has 1 fully saturated rings. The molecule has 0 aliphatic carbocycles. The first-order chi connectivity index (χ1) is 10.7. The molecule has 1 aromatic rings. The second kappa shape index (κ2) is 10.3. The van der Waals surface area contributed by atoms with Crippen molar-refractivity contribution >= 4 is 30.7 Å². The molecule has 3 N–H and O–H groups in total. The average molecular weight is 392 g/mol. The predicted octanol–water partition coefficient (Wildman–Crippen LogP) is 2.49. The summed E-state index contributed by atoms with van der Waals surface area (Å²) >= 11 is 0. The summed E-state index contributed by atoms with van der Waals surface area (Å²) in [6.45, 7) is 11.0. The number of ether oxygens (including phenoxy) is 1. The first-order valence-electron chi connectivity index (χ1n) is 8.27. The van der Waals surface area contributed by atoms with Gasteiger partial charge in [-0.1, -0.05) is 24.3 Å². The molecule has 1 aromatic carbocycles. The zero-order chi connectivity index (χ0) is 17.0. The molecule has 1 aliphatic rings. The van der Waals surface area contributed by atoms with E-state index in [-0.39, 0.29) is 42.9 Å². The molecule has 2 rings (SSSR count). The molecule has 1 aliphatic heterocycles. The number of nitrogens with two attached hydrogens (primary N) is 1. The fourth-order valence-corrected chi connectivity index (χ4v) is 2.84. The fraction of sp³-hybridized carbons (Fsp3) is 0.611. The van der Waals surface area contributed by atoms with Crippen LogP contribution in [0.15, 0.2) is 24.3 Å². The third-order valence-electron chi connectivity index (χ3n) is 3.96. The Labute approximate surface area is 163 Å². The topological polar surface area (TPSA) is 67.6 Å². The largest absolute Gasteiger partial charge is 0.373 e. The van der Waals surface area contributed by atoms with E-state index in [0.717, 1.165) is 25.2 Å². The van der Waals surface area contributed by atoms with E-state index in [1.807, 2.05) is 0 Å². The van der Waals surface area contributed by atoms with Crippen molar-refractivity contribution in [2.75, 3.05) is 13.1 Å². The highest BCUT2D eigenvalue weighted by Crippen LogP contribution is 2.14. The number of nitrogens with zero attached hydrogens (tertiary/aromatic N) is 1. The van der Waals surface area contributed by atoms with Crippen LogP contribution in [0, 0.1) is 0 Å². The van der Waals surface area contributed by atoms with Gasteiger partial charge in [0.1, 0.15) is 0 Å². The van der Waals surface area contributed by atoms with Gasteiger partial charge in [-0.3, -0.25) is 9.69 Å². The van der Waals surface area contributed by atoms with Crippen LogP contribution in [-0.4, -0.2) is 41.6 Å². The summed E-state index contributed by atoms with van der Waals surface area (Å²) in [6.07, 6.45) is 0.570. The Kier molecular flexibility index (Phi) is 9.98. The van der Waals surface area contributed by atoms with E-state index in [1.54, 1.807) is 13.8 Å². The third kappa shape index (κ3) is 7.92. The molecule has 1 saturated heterocycles. The minimum absolute atomic E-state index is 0. The van der Waals surface area contributed by atoms with Crippen LogP contribution >= 0.6 is 24.8 Å². The Morgan fingerprint density at radius 1 is 1.16 bits per heavy atom. The minimum atomic E-state index is -0.844. The van der Waals surface area contributed by atoms with Crippen molar-refractivity contribution in [2.45, 2.75) is 58.5 Å². The number of carbonyl (C=O) groups is 1. The summed E-state index contributed by atoms with van der Waals surface area (Å²) < 4.78 is 5.76. The molecule has 0 radical (unpaired) electrons. The smallest absolute Gasteiger partial charge is 0.239 e. The van der Waals surface area contributed by atoms with E-state index in [0.29, 0.717) is 6.54 Å². The number of amides is 1. The molecule has 0 aromatic heterocycles. The molecule has 5 nitrogen and oxygen atoms in total. The lowest BCUT2D eigenvalue weighted by Gasteiger charge is -2.35. The molecule has 0 spiro atoms. The maximum Gasteiger partial charge on any atom is 0.239 e. The van der Waals surface area contributed by atoms with Gasteiger partial charge >= 0.3 is 0 Å². The van der Waals surface area contributed by atoms with Gasteiger partial charge in [-0.15, -0.1) is 24.8 Å². The van der Waals surface area contributed by atoms with Crippen LogP contribution in [0.3, 0.4) is 0 Å². The van der Waals surface area contributed by atoms with Crippen LogP contribution in [0.1, 0.15) is 38.8 Å². The van der Waals surface area contributed by atoms with E-state index >= 15 is 0 Å². The normalized spacial score (nSPS) is 21.0. The maximum absolute atomic E-state index is 11.8. The van der Waals surface area contributed by atoms with Gasteiger partial charge in [-0.25, -0.2) is 0 Å². The second-order valence-corrected chi connectivity index (χ2v) is 7.17. The Morgan fingerprint density at radius 2 is 1.64 bits per heavy atom.